The molecule has 0 bridgehead atoms. The van der Waals surface area contributed by atoms with Gasteiger partial charge in [-0.15, -0.1) is 36.4 Å². The van der Waals surface area contributed by atoms with Crippen LogP contribution < -0.4 is 0 Å². The molecule has 0 aliphatic rings. The molecule has 363 valence electrons. The number of hydrogen-bond donors (Lipinski definition) is 0. The molecule has 0 fully saturated rings. The van der Waals surface area contributed by atoms with Gasteiger partial charge in [0.05, 0.1) is 50.0 Å². The Morgan fingerprint density at radius 1 is 0.438 bits per heavy atom. The molecule has 0 saturated heterocycles. The summed E-state index contributed by atoms with van der Waals surface area (Å²) in [7, 11) is 0. The minimum absolute atomic E-state index is 0. The molecule has 12 heteroatoms. The van der Waals surface area contributed by atoms with Crippen molar-refractivity contribution in [1.82, 2.24) is 43.1 Å². The van der Waals surface area contributed by atoms with E-state index in [1.807, 2.05) is 71.3 Å². The zero-order valence-corrected chi connectivity index (χ0v) is 46.9. The molecule has 0 aliphatic heterocycles. The third kappa shape index (κ3) is 7.91. The van der Waals surface area contributed by atoms with Crippen molar-refractivity contribution in [3.8, 4) is 0 Å². The first kappa shape index (κ1) is 44.8. The number of rotatable bonds is 2. The fourth-order valence-corrected chi connectivity index (χ4v) is 10.4. The number of pyridine rings is 6. The summed E-state index contributed by atoms with van der Waals surface area (Å²) in [6.07, 6.45) is 5.25. The topological polar surface area (TPSA) is 90.6 Å². The van der Waals surface area contributed by atoms with Gasteiger partial charge in [-0.2, -0.15) is 0 Å². The zero-order valence-electron chi connectivity index (χ0n) is 43.7. The fourth-order valence-electron chi connectivity index (χ4n) is 10.4. The molecule has 15 aromatic rings. The van der Waals surface area contributed by atoms with E-state index in [9.17, 15) is 0 Å². The molecule has 1 atom stereocenters. The van der Waals surface area contributed by atoms with Gasteiger partial charge in [-0.25, -0.2) is 0 Å². The number of aromatic nitrogens is 9. The molecule has 0 aliphatic carbocycles. The molecule has 1 unspecified atom stereocenters. The largest absolute Gasteiger partial charge is 0.351 e. The van der Waals surface area contributed by atoms with Gasteiger partial charge in [0.2, 0.25) is 0 Å². The molecule has 9 nitrogen and oxygen atoms in total. The molecule has 0 spiro atoms. The number of aryl methyl sites for hydroxylation is 1. The van der Waals surface area contributed by atoms with Crippen molar-refractivity contribution in [3.05, 3.63) is 199 Å². The van der Waals surface area contributed by atoms with Crippen LogP contribution in [0.25, 0.3) is 115 Å². The van der Waals surface area contributed by atoms with E-state index in [0.29, 0.717) is 27.8 Å². The smallest absolute Gasteiger partial charge is 0.0774 e. The Balaban J connectivity index is 0.000000129. The summed E-state index contributed by atoms with van der Waals surface area (Å²) < 4.78 is 38.9. The van der Waals surface area contributed by atoms with Gasteiger partial charge in [0.25, 0.3) is 0 Å². The second-order valence-electron chi connectivity index (χ2n) is 17.9. The average molecular weight is 1480 g/mol. The monoisotopic (exact) mass is 1490 g/mol. The van der Waals surface area contributed by atoms with Gasteiger partial charge in [-0.1, -0.05) is 135 Å². The maximum atomic E-state index is 8.68. The fraction of sp³-hybridized carbons (Fsp3) is 0.115. The predicted octanol–water partition coefficient (Wildman–Crippen LogP) is 14.5. The third-order valence-corrected chi connectivity index (χ3v) is 13.4. The van der Waals surface area contributed by atoms with Crippen molar-refractivity contribution in [3.63, 3.8) is 0 Å². The van der Waals surface area contributed by atoms with Gasteiger partial charge in [0.15, 0.2) is 0 Å². The SMILES string of the molecule is CC(C)c1cccc2c1c1ncc[c-]c1c1nc3ccccc3n21.Cc1cccc2c1c1ncc[c-]c1c1nc3ccccc3n21.[2H]C([2H])([2H])C([2H])(C)c1cccc2c1c1ncc[c-]c1c1nc3ccccc3n21.[Ir].[Ir].[Ir]. The summed E-state index contributed by atoms with van der Waals surface area (Å²) in [5.41, 5.74) is 17.1. The maximum absolute atomic E-state index is 8.68. The summed E-state index contributed by atoms with van der Waals surface area (Å²) in [5.74, 6) is -1.37. The molecule has 6 aromatic carbocycles. The molecule has 0 amide bonds. The van der Waals surface area contributed by atoms with Gasteiger partial charge in [0.1, 0.15) is 0 Å². The summed E-state index contributed by atoms with van der Waals surface area (Å²) in [5, 5.41) is 5.69. The van der Waals surface area contributed by atoms with Crippen LogP contribution in [0.4, 0.5) is 0 Å². The number of para-hydroxylation sites is 6. The van der Waals surface area contributed by atoms with Crippen molar-refractivity contribution in [2.45, 2.75) is 46.4 Å². The first-order valence-corrected chi connectivity index (χ1v) is 23.3. The van der Waals surface area contributed by atoms with Crippen molar-refractivity contribution in [2.75, 3.05) is 0 Å². The molecular weight excluding hydrogens is 1440 g/mol. The van der Waals surface area contributed by atoms with Gasteiger partial charge in [-0.05, 0) is 123 Å². The standard InChI is InChI=1S/2C21H16N3.C19H12N3.3Ir/c2*1-13(2)14-7-5-11-18-19(14)20-15(8-6-12-22-20)21-23-16-9-3-4-10-17(16)24(18)21;1-12-6-4-10-16-17(12)18-13(7-5-11-20-18)19-21-14-8-2-3-9-15(14)22(16)19;;;/h2*3-7,9-13H,1-2H3;2-6,8-11H,1H3;;;/q3*-1;;;/i1D3,13D;;;;;. The first-order valence-electron chi connectivity index (χ1n) is 25.3. The average Bonchev–Trinajstić information content (AvgIpc) is 4.15. The maximum Gasteiger partial charge on any atom is 0.0774 e. The number of imidazole rings is 3. The van der Waals surface area contributed by atoms with E-state index < -0.39 is 12.7 Å². The summed E-state index contributed by atoms with van der Waals surface area (Å²) in [4.78, 5) is 28.3. The van der Waals surface area contributed by atoms with Crippen molar-refractivity contribution < 1.29 is 65.8 Å². The van der Waals surface area contributed by atoms with Crippen LogP contribution in [0.3, 0.4) is 0 Å². The van der Waals surface area contributed by atoms with Gasteiger partial charge >= 0.3 is 0 Å². The summed E-state index contributed by atoms with van der Waals surface area (Å²) in [6, 6.07) is 57.9. The first-order chi connectivity index (χ1) is 35.9. The number of benzene rings is 6. The molecule has 0 saturated carbocycles. The van der Waals surface area contributed by atoms with E-state index in [4.69, 9.17) is 20.4 Å². The Morgan fingerprint density at radius 3 is 1.22 bits per heavy atom. The van der Waals surface area contributed by atoms with Gasteiger partial charge in [0, 0.05) is 82.3 Å². The van der Waals surface area contributed by atoms with E-state index in [0.717, 1.165) is 88.4 Å². The number of nitrogens with zero attached hydrogens (tertiary/aromatic N) is 9. The molecule has 0 N–H and O–H groups in total. The molecule has 9 aromatic heterocycles. The third-order valence-electron chi connectivity index (χ3n) is 13.4. The van der Waals surface area contributed by atoms with Crippen molar-refractivity contribution in [1.29, 1.82) is 0 Å². The van der Waals surface area contributed by atoms with Crippen molar-refractivity contribution >= 4 is 115 Å². The van der Waals surface area contributed by atoms with Crippen LogP contribution in [0.5, 0.6) is 0 Å². The van der Waals surface area contributed by atoms with E-state index >= 15 is 0 Å². The van der Waals surface area contributed by atoms with E-state index in [1.165, 1.54) is 28.8 Å². The quantitative estimate of drug-likeness (QED) is 0.127. The Kier molecular flexibility index (Phi) is 12.2. The number of fused-ring (bicyclic) bond motifs is 24. The van der Waals surface area contributed by atoms with Crippen LogP contribution in [0.1, 0.15) is 61.6 Å². The molecule has 73 heavy (non-hydrogen) atoms. The normalized spacial score (nSPS) is 13.3. The molecular formula is C61H44Ir3N9-3. The predicted molar refractivity (Wildman–Crippen MR) is 286 cm³/mol. The molecule has 9 heterocycles. The van der Waals surface area contributed by atoms with E-state index in [1.54, 1.807) is 30.6 Å². The Morgan fingerprint density at radius 2 is 0.795 bits per heavy atom. The summed E-state index contributed by atoms with van der Waals surface area (Å²) in [6.45, 7) is 5.52. The Bertz CT molecular complexity index is 4780. The van der Waals surface area contributed by atoms with Crippen LogP contribution in [0.15, 0.2) is 164 Å². The minimum Gasteiger partial charge on any atom is -0.351 e. The molecule has 3 radical (unpaired) electrons. The second-order valence-corrected chi connectivity index (χ2v) is 17.9. The minimum atomic E-state index is -2.49. The van der Waals surface area contributed by atoms with Gasteiger partial charge in [-0.3, -0.25) is 15.0 Å². The van der Waals surface area contributed by atoms with Crippen LogP contribution in [0, 0.1) is 25.1 Å². The number of hydrogen-bond acceptors (Lipinski definition) is 6. The molecule has 15 rings (SSSR count). The van der Waals surface area contributed by atoms with Gasteiger partial charge < -0.3 is 28.2 Å². The van der Waals surface area contributed by atoms with Crippen LogP contribution in [0.2, 0.25) is 0 Å². The second kappa shape index (κ2) is 19.9. The van der Waals surface area contributed by atoms with Crippen LogP contribution in [-0.4, -0.2) is 43.1 Å². The van der Waals surface area contributed by atoms with Crippen LogP contribution >= 0.6 is 0 Å². The van der Waals surface area contributed by atoms with E-state index in [-0.39, 0.29) is 60.3 Å². The van der Waals surface area contributed by atoms with Crippen LogP contribution in [-0.2, 0) is 60.3 Å². The van der Waals surface area contributed by atoms with E-state index in [2.05, 4.69) is 129 Å². The Labute approximate surface area is 466 Å². The summed E-state index contributed by atoms with van der Waals surface area (Å²) >= 11 is 0. The zero-order chi connectivity index (χ0) is 50.6. The Hall–Kier alpha value is -6.87. The van der Waals surface area contributed by atoms with Crippen molar-refractivity contribution in [2.24, 2.45) is 0 Å².